The molecule has 0 unspecified atom stereocenters. The number of hydrogen-bond acceptors (Lipinski definition) is 6. The number of nitrogens with one attached hydrogen (secondary N) is 1. The fraction of sp³-hybridized carbons (Fsp3) is 0.348. The molecule has 3 N–H and O–H groups in total. The highest BCUT2D eigenvalue weighted by Gasteiger charge is 2.25. The molecule has 9 nitrogen and oxygen atoms in total. The van der Waals surface area contributed by atoms with Gasteiger partial charge in [-0.2, -0.15) is 0 Å². The molecule has 0 radical (unpaired) electrons. The Morgan fingerprint density at radius 3 is 2.66 bits per heavy atom. The fourth-order valence-electron chi connectivity index (χ4n) is 3.25. The van der Waals surface area contributed by atoms with E-state index in [1.165, 1.54) is 15.7 Å². The molecular weight excluding hydrogens is 412 g/mol. The SMILES string of the molecule is CCCCn1c(N)c(N(Cc2ccco2)C(=O)COc2ccc(C)c(C)c2)c(=O)[nH]c1=O. The summed E-state index contributed by atoms with van der Waals surface area (Å²) in [5.74, 6) is 0.416. The quantitative estimate of drug-likeness (QED) is 0.527. The van der Waals surface area contributed by atoms with Gasteiger partial charge >= 0.3 is 5.69 Å². The number of carbonyl (C=O) groups excluding carboxylic acids is 1. The van der Waals surface area contributed by atoms with Crippen molar-refractivity contribution in [2.24, 2.45) is 0 Å². The Balaban J connectivity index is 1.95. The van der Waals surface area contributed by atoms with Crippen LogP contribution in [0.4, 0.5) is 11.5 Å². The summed E-state index contributed by atoms with van der Waals surface area (Å²) in [5.41, 5.74) is 6.90. The van der Waals surface area contributed by atoms with E-state index in [-0.39, 0.29) is 24.7 Å². The molecule has 3 rings (SSSR count). The molecule has 3 aromatic rings. The lowest BCUT2D eigenvalue weighted by molar-refractivity contribution is -0.120. The molecule has 0 atom stereocenters. The van der Waals surface area contributed by atoms with Crippen LogP contribution in [-0.2, 0) is 17.9 Å². The van der Waals surface area contributed by atoms with Gasteiger partial charge in [0.25, 0.3) is 11.5 Å². The fourth-order valence-corrected chi connectivity index (χ4v) is 3.25. The van der Waals surface area contributed by atoms with Crippen LogP contribution in [0.25, 0.3) is 0 Å². The molecule has 170 valence electrons. The summed E-state index contributed by atoms with van der Waals surface area (Å²) < 4.78 is 12.3. The highest BCUT2D eigenvalue weighted by atomic mass is 16.5. The Hall–Kier alpha value is -3.75. The molecule has 0 saturated carbocycles. The summed E-state index contributed by atoms with van der Waals surface area (Å²) in [5, 5.41) is 0. The molecule has 0 fully saturated rings. The lowest BCUT2D eigenvalue weighted by Gasteiger charge is -2.24. The number of aromatic amines is 1. The van der Waals surface area contributed by atoms with Crippen LogP contribution in [-0.4, -0.2) is 22.1 Å². The zero-order chi connectivity index (χ0) is 23.3. The zero-order valence-electron chi connectivity index (χ0n) is 18.5. The number of nitrogens with zero attached hydrogens (tertiary/aromatic N) is 2. The molecule has 2 heterocycles. The number of nitrogens with two attached hydrogens (primary N) is 1. The number of nitrogen functional groups attached to an aromatic ring is 1. The lowest BCUT2D eigenvalue weighted by Crippen LogP contribution is -2.42. The first-order valence-electron chi connectivity index (χ1n) is 10.5. The van der Waals surface area contributed by atoms with E-state index in [4.69, 9.17) is 14.9 Å². The van der Waals surface area contributed by atoms with Crippen molar-refractivity contribution in [3.63, 3.8) is 0 Å². The van der Waals surface area contributed by atoms with Crippen molar-refractivity contribution < 1.29 is 13.9 Å². The number of H-pyrrole nitrogens is 1. The van der Waals surface area contributed by atoms with Gasteiger partial charge in [0.05, 0.1) is 12.8 Å². The Bertz CT molecular complexity index is 1190. The summed E-state index contributed by atoms with van der Waals surface area (Å²) in [6.07, 6.45) is 3.00. The molecule has 0 aliphatic heterocycles. The van der Waals surface area contributed by atoms with Gasteiger partial charge in [-0.05, 0) is 55.7 Å². The topological polar surface area (TPSA) is 124 Å². The minimum Gasteiger partial charge on any atom is -0.484 e. The van der Waals surface area contributed by atoms with Gasteiger partial charge in [-0.3, -0.25) is 24.0 Å². The smallest absolute Gasteiger partial charge is 0.330 e. The van der Waals surface area contributed by atoms with Crippen molar-refractivity contribution in [2.45, 2.75) is 46.7 Å². The second-order valence-corrected chi connectivity index (χ2v) is 7.59. The van der Waals surface area contributed by atoms with E-state index in [9.17, 15) is 14.4 Å². The summed E-state index contributed by atoms with van der Waals surface area (Å²) in [6, 6.07) is 8.88. The average Bonchev–Trinajstić information content (AvgIpc) is 3.26. The standard InChI is InChI=1S/C23H28N4O5/c1-4-5-10-26-21(24)20(22(29)25-23(26)30)27(13-18-7-6-11-31-18)19(28)14-32-17-9-8-15(2)16(3)12-17/h6-9,11-12H,4-5,10,13-14,24H2,1-3H3,(H,25,29,30). The Morgan fingerprint density at radius 1 is 1.22 bits per heavy atom. The number of anilines is 2. The number of furan rings is 1. The average molecular weight is 441 g/mol. The Labute approximate surface area is 185 Å². The van der Waals surface area contributed by atoms with E-state index in [1.807, 2.05) is 32.9 Å². The molecule has 1 amide bonds. The van der Waals surface area contributed by atoms with E-state index < -0.39 is 17.2 Å². The van der Waals surface area contributed by atoms with Crippen LogP contribution < -0.4 is 26.6 Å². The van der Waals surface area contributed by atoms with Crippen molar-refractivity contribution in [1.82, 2.24) is 9.55 Å². The molecular formula is C23H28N4O5. The number of carbonyl (C=O) groups is 1. The molecule has 0 bridgehead atoms. The summed E-state index contributed by atoms with van der Waals surface area (Å²) in [6.45, 7) is 5.87. The van der Waals surface area contributed by atoms with Crippen LogP contribution in [0.3, 0.4) is 0 Å². The number of hydrogen-bond donors (Lipinski definition) is 2. The van der Waals surface area contributed by atoms with Crippen LogP contribution in [0.15, 0.2) is 50.6 Å². The first-order valence-corrected chi connectivity index (χ1v) is 10.5. The Kier molecular flexibility index (Phi) is 7.19. The van der Waals surface area contributed by atoms with Gasteiger partial charge in [0.1, 0.15) is 17.3 Å². The van der Waals surface area contributed by atoms with Gasteiger partial charge in [0.2, 0.25) is 0 Å². The monoisotopic (exact) mass is 440 g/mol. The molecule has 32 heavy (non-hydrogen) atoms. The molecule has 0 saturated heterocycles. The molecule has 0 spiro atoms. The first-order chi connectivity index (χ1) is 15.3. The largest absolute Gasteiger partial charge is 0.484 e. The van der Waals surface area contributed by atoms with Crippen molar-refractivity contribution in [2.75, 3.05) is 17.2 Å². The van der Waals surface area contributed by atoms with Crippen molar-refractivity contribution in [3.05, 3.63) is 74.3 Å². The third-order valence-corrected chi connectivity index (χ3v) is 5.26. The van der Waals surface area contributed by atoms with E-state index in [0.29, 0.717) is 24.5 Å². The number of amides is 1. The van der Waals surface area contributed by atoms with Crippen LogP contribution in [0.1, 0.15) is 36.7 Å². The lowest BCUT2D eigenvalue weighted by atomic mass is 10.1. The number of aromatic nitrogens is 2. The van der Waals surface area contributed by atoms with E-state index in [2.05, 4.69) is 4.98 Å². The van der Waals surface area contributed by atoms with E-state index >= 15 is 0 Å². The van der Waals surface area contributed by atoms with Crippen molar-refractivity contribution in [1.29, 1.82) is 0 Å². The van der Waals surface area contributed by atoms with Gasteiger partial charge in [0.15, 0.2) is 12.3 Å². The third-order valence-electron chi connectivity index (χ3n) is 5.26. The number of unbranched alkanes of at least 4 members (excludes halogenated alkanes) is 1. The predicted octanol–water partition coefficient (Wildman–Crippen LogP) is 2.74. The van der Waals surface area contributed by atoms with Crippen molar-refractivity contribution in [3.8, 4) is 5.75 Å². The van der Waals surface area contributed by atoms with Crippen molar-refractivity contribution >= 4 is 17.4 Å². The summed E-state index contributed by atoms with van der Waals surface area (Å²) in [7, 11) is 0. The highest BCUT2D eigenvalue weighted by molar-refractivity contribution is 5.96. The van der Waals surface area contributed by atoms with Crippen LogP contribution in [0.2, 0.25) is 0 Å². The maximum absolute atomic E-state index is 13.2. The summed E-state index contributed by atoms with van der Waals surface area (Å²) >= 11 is 0. The zero-order valence-corrected chi connectivity index (χ0v) is 18.5. The highest BCUT2D eigenvalue weighted by Crippen LogP contribution is 2.21. The van der Waals surface area contributed by atoms with E-state index in [1.54, 1.807) is 18.2 Å². The molecule has 1 aromatic carbocycles. The van der Waals surface area contributed by atoms with Gasteiger partial charge in [-0.25, -0.2) is 4.79 Å². The molecule has 2 aromatic heterocycles. The molecule has 0 aliphatic carbocycles. The number of rotatable bonds is 9. The van der Waals surface area contributed by atoms with Crippen LogP contribution in [0, 0.1) is 13.8 Å². The molecule has 9 heteroatoms. The number of benzene rings is 1. The number of ether oxygens (including phenoxy) is 1. The molecule has 0 aliphatic rings. The normalized spacial score (nSPS) is 10.8. The second kappa shape index (κ2) is 10.0. The Morgan fingerprint density at radius 2 is 2.00 bits per heavy atom. The van der Waals surface area contributed by atoms with Crippen LogP contribution >= 0.6 is 0 Å². The maximum Gasteiger partial charge on any atom is 0.330 e. The van der Waals surface area contributed by atoms with E-state index in [0.717, 1.165) is 17.5 Å². The van der Waals surface area contributed by atoms with Crippen LogP contribution in [0.5, 0.6) is 5.75 Å². The summed E-state index contributed by atoms with van der Waals surface area (Å²) in [4.78, 5) is 41.6. The van der Waals surface area contributed by atoms with Gasteiger partial charge in [-0.15, -0.1) is 0 Å². The second-order valence-electron chi connectivity index (χ2n) is 7.59. The predicted molar refractivity (Wildman–Crippen MR) is 122 cm³/mol. The maximum atomic E-state index is 13.2. The number of aryl methyl sites for hydroxylation is 2. The van der Waals surface area contributed by atoms with Gasteiger partial charge < -0.3 is 14.9 Å². The third kappa shape index (κ3) is 5.11. The van der Waals surface area contributed by atoms with Gasteiger partial charge in [0, 0.05) is 6.54 Å². The van der Waals surface area contributed by atoms with Gasteiger partial charge in [-0.1, -0.05) is 19.4 Å². The minimum absolute atomic E-state index is 0.0403. The first kappa shape index (κ1) is 22.9. The minimum atomic E-state index is -0.744.